The zero-order valence-corrected chi connectivity index (χ0v) is 41.8. The number of benzene rings is 8. The smallest absolute Gasteiger partial charge is 0.149 e. The maximum atomic E-state index is 12.6. The molecule has 0 amide bonds. The summed E-state index contributed by atoms with van der Waals surface area (Å²) in [6, 6.07) is 55.2. The van der Waals surface area contributed by atoms with Gasteiger partial charge in [-0.2, -0.15) is 0 Å². The second-order valence-corrected chi connectivity index (χ2v) is 23.0. The predicted octanol–water partition coefficient (Wildman–Crippen LogP) is 17.4. The van der Waals surface area contributed by atoms with Crippen LogP contribution >= 0.6 is 0 Å². The van der Waals surface area contributed by atoms with Crippen molar-refractivity contribution in [3.8, 4) is 56.3 Å². The standard InChI is InChI=1S/C64H63N3O/c1-61(2,3)43-25-27-50-51-28-26-46(38-53(51)49-22-17-16-21-48(49)52(50)35-43)67-57-24-18-23-47(58(57)66-60(67)54-36-45(63(7,8)9)37-55(59(54)68)64(10,11)12)41-31-42(33-44(32-41)62(4,5)6)56-34-40(29-30-65-56)39-19-14-13-15-20-39/h13-38,68H,1-12H3. The average molecular weight is 890 g/mol. The molecule has 0 spiro atoms. The van der Waals surface area contributed by atoms with Gasteiger partial charge in [-0.1, -0.05) is 180 Å². The topological polar surface area (TPSA) is 50.9 Å². The summed E-state index contributed by atoms with van der Waals surface area (Å²) in [5, 5.41) is 19.9. The SMILES string of the molecule is CC(C)(C)c1cc(-c2cc(-c3ccccc3)ccn2)cc(-c2cccc3c2nc(-c2cc(C(C)(C)C)cc(C(C)(C)C)c2O)n3-c2ccc3c4ccc(C(C)(C)C)cc4c4ccccc4c3c2)c1. The lowest BCUT2D eigenvalue weighted by atomic mass is 9.79. The van der Waals surface area contributed by atoms with Crippen molar-refractivity contribution in [2.24, 2.45) is 0 Å². The van der Waals surface area contributed by atoms with Crippen LogP contribution in [0.15, 0.2) is 158 Å². The molecule has 68 heavy (non-hydrogen) atoms. The van der Waals surface area contributed by atoms with Crippen molar-refractivity contribution >= 4 is 43.4 Å². The average Bonchev–Trinajstić information content (AvgIpc) is 3.70. The van der Waals surface area contributed by atoms with Gasteiger partial charge in [-0.05, 0) is 142 Å². The Morgan fingerprint density at radius 2 is 1.01 bits per heavy atom. The number of hydrogen-bond acceptors (Lipinski definition) is 3. The van der Waals surface area contributed by atoms with Crippen molar-refractivity contribution in [3.05, 3.63) is 180 Å². The van der Waals surface area contributed by atoms with E-state index in [-0.39, 0.29) is 27.4 Å². The van der Waals surface area contributed by atoms with Crippen LogP contribution in [0.2, 0.25) is 0 Å². The Balaban J connectivity index is 1.27. The molecule has 4 heteroatoms. The van der Waals surface area contributed by atoms with Gasteiger partial charge >= 0.3 is 0 Å². The first-order valence-electron chi connectivity index (χ1n) is 24.1. The van der Waals surface area contributed by atoms with Gasteiger partial charge in [0.2, 0.25) is 0 Å². The lowest BCUT2D eigenvalue weighted by molar-refractivity contribution is 0.446. The molecule has 0 radical (unpaired) electrons. The van der Waals surface area contributed by atoms with Crippen molar-refractivity contribution in [1.82, 2.24) is 14.5 Å². The minimum absolute atomic E-state index is 0.0223. The molecular formula is C64H63N3O. The van der Waals surface area contributed by atoms with Crippen molar-refractivity contribution in [2.75, 3.05) is 0 Å². The lowest BCUT2D eigenvalue weighted by Gasteiger charge is -2.27. The van der Waals surface area contributed by atoms with Gasteiger partial charge in [-0.15, -0.1) is 0 Å². The Labute approximate surface area is 402 Å². The third-order valence-corrected chi connectivity index (χ3v) is 13.9. The zero-order chi connectivity index (χ0) is 48.1. The van der Waals surface area contributed by atoms with Crippen LogP contribution in [-0.2, 0) is 21.7 Å². The summed E-state index contributed by atoms with van der Waals surface area (Å²) in [4.78, 5) is 10.7. The van der Waals surface area contributed by atoms with E-state index in [2.05, 4.69) is 239 Å². The highest BCUT2D eigenvalue weighted by Crippen LogP contribution is 2.46. The Hall–Kier alpha value is -7.04. The molecular weight excluding hydrogens is 827 g/mol. The normalized spacial score (nSPS) is 12.8. The molecule has 0 unspecified atom stereocenters. The van der Waals surface area contributed by atoms with E-state index < -0.39 is 0 Å². The fraction of sp³-hybridized carbons (Fsp3) is 0.250. The van der Waals surface area contributed by atoms with E-state index in [1.807, 2.05) is 6.20 Å². The Kier molecular flexibility index (Phi) is 10.6. The molecule has 340 valence electrons. The predicted molar refractivity (Wildman–Crippen MR) is 290 cm³/mol. The highest BCUT2D eigenvalue weighted by Gasteiger charge is 2.29. The van der Waals surface area contributed by atoms with Gasteiger partial charge in [-0.3, -0.25) is 9.55 Å². The molecule has 2 heterocycles. The highest BCUT2D eigenvalue weighted by molar-refractivity contribution is 6.25. The number of aromatic nitrogens is 3. The molecule has 1 N–H and O–H groups in total. The molecule has 10 aromatic rings. The Bertz CT molecular complexity index is 3580. The summed E-state index contributed by atoms with van der Waals surface area (Å²) in [5.74, 6) is 0.960. The van der Waals surface area contributed by atoms with Crippen LogP contribution < -0.4 is 0 Å². The van der Waals surface area contributed by atoms with Crippen LogP contribution in [0.5, 0.6) is 5.75 Å². The molecule has 0 saturated carbocycles. The summed E-state index contributed by atoms with van der Waals surface area (Å²) >= 11 is 0. The molecule has 0 aliphatic heterocycles. The third kappa shape index (κ3) is 7.94. The van der Waals surface area contributed by atoms with Crippen molar-refractivity contribution < 1.29 is 5.11 Å². The van der Waals surface area contributed by atoms with Crippen molar-refractivity contribution in [3.63, 3.8) is 0 Å². The van der Waals surface area contributed by atoms with Gasteiger partial charge in [0.25, 0.3) is 0 Å². The number of rotatable bonds is 5. The number of phenols is 1. The summed E-state index contributed by atoms with van der Waals surface area (Å²) in [7, 11) is 0. The number of aromatic hydroxyl groups is 1. The summed E-state index contributed by atoms with van der Waals surface area (Å²) in [5.41, 5.74) is 13.8. The maximum Gasteiger partial charge on any atom is 0.149 e. The van der Waals surface area contributed by atoms with Crippen LogP contribution in [-0.4, -0.2) is 19.6 Å². The highest BCUT2D eigenvalue weighted by atomic mass is 16.3. The van der Waals surface area contributed by atoms with Crippen molar-refractivity contribution in [1.29, 1.82) is 0 Å². The van der Waals surface area contributed by atoms with Gasteiger partial charge in [-0.25, -0.2) is 4.98 Å². The fourth-order valence-electron chi connectivity index (χ4n) is 9.90. The summed E-state index contributed by atoms with van der Waals surface area (Å²) < 4.78 is 2.29. The first-order chi connectivity index (χ1) is 32.1. The van der Waals surface area contributed by atoms with E-state index in [9.17, 15) is 5.11 Å². The number of imidazole rings is 1. The molecule has 0 bridgehead atoms. The quantitative estimate of drug-likeness (QED) is 0.175. The fourth-order valence-corrected chi connectivity index (χ4v) is 9.90. The van der Waals surface area contributed by atoms with Gasteiger partial charge in [0.1, 0.15) is 11.6 Å². The van der Waals surface area contributed by atoms with E-state index >= 15 is 0 Å². The lowest BCUT2D eigenvalue weighted by Crippen LogP contribution is -2.17. The van der Waals surface area contributed by atoms with Crippen LogP contribution in [0.4, 0.5) is 0 Å². The molecule has 0 saturated heterocycles. The number of nitrogens with zero attached hydrogens (tertiary/aromatic N) is 3. The molecule has 0 fully saturated rings. The van der Waals surface area contributed by atoms with Gasteiger partial charge < -0.3 is 5.11 Å². The van der Waals surface area contributed by atoms with Crippen LogP contribution in [0.1, 0.15) is 105 Å². The Morgan fingerprint density at radius 3 is 1.68 bits per heavy atom. The van der Waals surface area contributed by atoms with E-state index in [0.717, 1.165) is 61.4 Å². The van der Waals surface area contributed by atoms with E-state index in [1.54, 1.807) is 0 Å². The summed E-state index contributed by atoms with van der Waals surface area (Å²) in [6.07, 6.45) is 1.92. The molecule has 0 atom stereocenters. The molecule has 0 aliphatic rings. The minimum atomic E-state index is -0.326. The molecule has 10 rings (SSSR count). The van der Waals surface area contributed by atoms with E-state index in [0.29, 0.717) is 11.4 Å². The van der Waals surface area contributed by atoms with Gasteiger partial charge in [0, 0.05) is 28.6 Å². The minimum Gasteiger partial charge on any atom is -0.507 e. The number of pyridine rings is 1. The van der Waals surface area contributed by atoms with E-state index in [1.165, 1.54) is 43.4 Å². The van der Waals surface area contributed by atoms with Gasteiger partial charge in [0.05, 0.1) is 22.3 Å². The Morgan fingerprint density at radius 1 is 0.412 bits per heavy atom. The van der Waals surface area contributed by atoms with Gasteiger partial charge in [0.15, 0.2) is 0 Å². The molecule has 8 aromatic carbocycles. The van der Waals surface area contributed by atoms with Crippen LogP contribution in [0.25, 0.3) is 93.9 Å². The second-order valence-electron chi connectivity index (χ2n) is 23.0. The van der Waals surface area contributed by atoms with E-state index in [4.69, 9.17) is 9.97 Å². The number of phenolic OH excluding ortho intramolecular Hbond substituents is 1. The first-order valence-corrected chi connectivity index (χ1v) is 24.1. The monoisotopic (exact) mass is 889 g/mol. The molecule has 0 aliphatic carbocycles. The first kappa shape index (κ1) is 44.8. The third-order valence-electron chi connectivity index (χ3n) is 13.9. The van der Waals surface area contributed by atoms with Crippen molar-refractivity contribution in [2.45, 2.75) is 105 Å². The number of hydrogen-bond donors (Lipinski definition) is 1. The molecule has 2 aromatic heterocycles. The molecule has 4 nitrogen and oxygen atoms in total. The zero-order valence-electron chi connectivity index (χ0n) is 41.8. The largest absolute Gasteiger partial charge is 0.507 e. The van der Waals surface area contributed by atoms with Crippen LogP contribution in [0.3, 0.4) is 0 Å². The maximum absolute atomic E-state index is 12.6. The second kappa shape index (κ2) is 16.0. The number of para-hydroxylation sites is 1. The van der Waals surface area contributed by atoms with Crippen LogP contribution in [0, 0.1) is 0 Å². The summed E-state index contributed by atoms with van der Waals surface area (Å²) in [6.45, 7) is 26.9. The number of fused-ring (bicyclic) bond motifs is 7.